The fraction of sp³-hybridized carbons (Fsp3) is 0.200. The largest absolute Gasteiger partial charge is 0.336 e. The topological polar surface area (TPSA) is 58.5 Å². The van der Waals surface area contributed by atoms with Gasteiger partial charge in [-0.15, -0.1) is 0 Å². The molecular weight excluding hydrogens is 422 g/mol. The van der Waals surface area contributed by atoms with E-state index in [0.717, 1.165) is 45.0 Å². The van der Waals surface area contributed by atoms with Crippen molar-refractivity contribution in [2.24, 2.45) is 0 Å². The van der Waals surface area contributed by atoms with Crippen LogP contribution in [0.15, 0.2) is 52.0 Å². The second-order valence-corrected chi connectivity index (χ2v) is 8.21. The first-order chi connectivity index (χ1) is 13.1. The van der Waals surface area contributed by atoms with Crippen molar-refractivity contribution in [1.29, 1.82) is 0 Å². The standard InChI is InChI=1S/C20H20BrN5S/c1-4-23-27-16-7-5-6-15(10-16)26-12(2)8-17(13(26)3)19-24-18-9-14(21)11-22-20(18)25-19/h5-11,23H,4H2,1-3H3,(H,22,24,25). The Morgan fingerprint density at radius 2 is 2.07 bits per heavy atom. The van der Waals surface area contributed by atoms with Crippen molar-refractivity contribution < 1.29 is 0 Å². The Morgan fingerprint density at radius 3 is 2.89 bits per heavy atom. The van der Waals surface area contributed by atoms with E-state index in [-0.39, 0.29) is 0 Å². The van der Waals surface area contributed by atoms with Crippen molar-refractivity contribution in [2.45, 2.75) is 25.7 Å². The normalized spacial score (nSPS) is 11.4. The molecule has 0 atom stereocenters. The summed E-state index contributed by atoms with van der Waals surface area (Å²) in [5.41, 5.74) is 6.21. The number of nitrogens with zero attached hydrogens (tertiary/aromatic N) is 3. The summed E-state index contributed by atoms with van der Waals surface area (Å²) in [6.07, 6.45) is 1.77. The summed E-state index contributed by atoms with van der Waals surface area (Å²) < 4.78 is 6.51. The number of aromatic amines is 1. The molecule has 7 heteroatoms. The molecule has 0 aliphatic carbocycles. The maximum Gasteiger partial charge on any atom is 0.178 e. The number of nitrogens with one attached hydrogen (secondary N) is 2. The predicted octanol–water partition coefficient (Wildman–Crippen LogP) is 5.41. The third-order valence-corrected chi connectivity index (χ3v) is 5.76. The molecule has 2 N–H and O–H groups in total. The first-order valence-electron chi connectivity index (χ1n) is 8.77. The quantitative estimate of drug-likeness (QED) is 0.406. The van der Waals surface area contributed by atoms with Gasteiger partial charge in [-0.25, -0.2) is 9.97 Å². The lowest BCUT2D eigenvalue weighted by molar-refractivity contribution is 0.959. The van der Waals surface area contributed by atoms with E-state index >= 15 is 0 Å². The lowest BCUT2D eigenvalue weighted by atomic mass is 10.2. The molecule has 0 saturated heterocycles. The SMILES string of the molecule is CCNSc1cccc(-n2c(C)cc(-c3nc4ncc(Br)cc4[nH]3)c2C)c1. The number of fused-ring (bicyclic) bond motifs is 1. The van der Waals surface area contributed by atoms with Crippen molar-refractivity contribution in [3.8, 4) is 17.1 Å². The van der Waals surface area contributed by atoms with Crippen LogP contribution in [0.2, 0.25) is 0 Å². The van der Waals surface area contributed by atoms with Crippen molar-refractivity contribution in [1.82, 2.24) is 24.2 Å². The zero-order chi connectivity index (χ0) is 19.0. The van der Waals surface area contributed by atoms with Crippen LogP contribution in [0.25, 0.3) is 28.2 Å². The van der Waals surface area contributed by atoms with Crippen LogP contribution in [-0.2, 0) is 0 Å². The van der Waals surface area contributed by atoms with Gasteiger partial charge in [-0.3, -0.25) is 4.72 Å². The number of hydrogen-bond donors (Lipinski definition) is 2. The van der Waals surface area contributed by atoms with E-state index in [2.05, 4.69) is 91.3 Å². The van der Waals surface area contributed by atoms with Gasteiger partial charge in [0, 0.05) is 44.7 Å². The second-order valence-electron chi connectivity index (χ2n) is 6.33. The lowest BCUT2D eigenvalue weighted by Crippen LogP contribution is -2.02. The summed E-state index contributed by atoms with van der Waals surface area (Å²) >= 11 is 5.12. The molecule has 1 aromatic carbocycles. The molecule has 4 rings (SSSR count). The van der Waals surface area contributed by atoms with Crippen LogP contribution in [-0.4, -0.2) is 26.1 Å². The van der Waals surface area contributed by atoms with E-state index in [0.29, 0.717) is 0 Å². The third kappa shape index (κ3) is 3.54. The average molecular weight is 442 g/mol. The van der Waals surface area contributed by atoms with Gasteiger partial charge in [0.1, 0.15) is 5.82 Å². The molecule has 0 unspecified atom stereocenters. The van der Waals surface area contributed by atoms with Crippen LogP contribution in [0.1, 0.15) is 18.3 Å². The Hall–Kier alpha value is -2.09. The molecule has 0 spiro atoms. The van der Waals surface area contributed by atoms with E-state index in [1.54, 1.807) is 18.1 Å². The minimum atomic E-state index is 0.724. The van der Waals surface area contributed by atoms with Gasteiger partial charge < -0.3 is 9.55 Å². The zero-order valence-electron chi connectivity index (χ0n) is 15.4. The summed E-state index contributed by atoms with van der Waals surface area (Å²) in [7, 11) is 0. The highest BCUT2D eigenvalue weighted by molar-refractivity contribution is 9.10. The van der Waals surface area contributed by atoms with E-state index in [9.17, 15) is 0 Å². The predicted molar refractivity (Wildman–Crippen MR) is 115 cm³/mol. The molecule has 0 fully saturated rings. The van der Waals surface area contributed by atoms with Gasteiger partial charge in [0.05, 0.1) is 5.52 Å². The Bertz CT molecular complexity index is 1110. The lowest BCUT2D eigenvalue weighted by Gasteiger charge is -2.11. The first kappa shape index (κ1) is 18.3. The van der Waals surface area contributed by atoms with Gasteiger partial charge in [-0.05, 0) is 72.1 Å². The van der Waals surface area contributed by atoms with Gasteiger partial charge in [-0.1, -0.05) is 13.0 Å². The second kappa shape index (κ2) is 7.50. The molecule has 5 nitrogen and oxygen atoms in total. The van der Waals surface area contributed by atoms with E-state index in [4.69, 9.17) is 0 Å². The average Bonchev–Trinajstić information content (AvgIpc) is 3.20. The van der Waals surface area contributed by atoms with Gasteiger partial charge in [0.25, 0.3) is 0 Å². The molecule has 3 heterocycles. The van der Waals surface area contributed by atoms with E-state index < -0.39 is 0 Å². The maximum absolute atomic E-state index is 4.68. The number of H-pyrrole nitrogens is 1. The Balaban J connectivity index is 1.77. The minimum Gasteiger partial charge on any atom is -0.336 e. The Morgan fingerprint density at radius 1 is 1.22 bits per heavy atom. The molecule has 0 aliphatic rings. The summed E-state index contributed by atoms with van der Waals surface area (Å²) in [5.74, 6) is 0.841. The number of pyridine rings is 1. The van der Waals surface area contributed by atoms with Crippen LogP contribution in [0.5, 0.6) is 0 Å². The number of hydrogen-bond acceptors (Lipinski definition) is 4. The number of benzene rings is 1. The molecule has 0 saturated carbocycles. The third-order valence-electron chi connectivity index (χ3n) is 4.40. The van der Waals surface area contributed by atoms with Crippen LogP contribution in [0.3, 0.4) is 0 Å². The van der Waals surface area contributed by atoms with Gasteiger partial charge in [-0.2, -0.15) is 0 Å². The molecule has 138 valence electrons. The fourth-order valence-electron chi connectivity index (χ4n) is 3.24. The molecule has 3 aromatic heterocycles. The van der Waals surface area contributed by atoms with E-state index in [1.807, 2.05) is 6.07 Å². The molecule has 0 amide bonds. The molecule has 4 aromatic rings. The summed E-state index contributed by atoms with van der Waals surface area (Å²) in [5, 5.41) is 0. The van der Waals surface area contributed by atoms with Gasteiger partial charge >= 0.3 is 0 Å². The number of imidazole rings is 1. The summed E-state index contributed by atoms with van der Waals surface area (Å²) in [6, 6.07) is 12.7. The van der Waals surface area contributed by atoms with Crippen molar-refractivity contribution >= 4 is 39.0 Å². The Labute approximate surface area is 170 Å². The summed E-state index contributed by atoms with van der Waals surface area (Å²) in [4.78, 5) is 13.6. The number of rotatable bonds is 5. The molecule has 27 heavy (non-hydrogen) atoms. The van der Waals surface area contributed by atoms with Crippen LogP contribution >= 0.6 is 27.9 Å². The maximum atomic E-state index is 4.68. The molecule has 0 aliphatic heterocycles. The Kier molecular flexibility index (Phi) is 5.08. The van der Waals surface area contributed by atoms with Crippen molar-refractivity contribution in [3.05, 3.63) is 58.5 Å². The van der Waals surface area contributed by atoms with E-state index in [1.165, 1.54) is 10.6 Å². The molecule has 0 bridgehead atoms. The molecule has 0 radical (unpaired) electrons. The fourth-order valence-corrected chi connectivity index (χ4v) is 4.21. The summed E-state index contributed by atoms with van der Waals surface area (Å²) in [6.45, 7) is 7.28. The zero-order valence-corrected chi connectivity index (χ0v) is 17.8. The number of aryl methyl sites for hydroxylation is 1. The van der Waals surface area contributed by atoms with Crippen molar-refractivity contribution in [2.75, 3.05) is 6.54 Å². The monoisotopic (exact) mass is 441 g/mol. The smallest absolute Gasteiger partial charge is 0.178 e. The van der Waals surface area contributed by atoms with Crippen LogP contribution < -0.4 is 4.72 Å². The highest BCUT2D eigenvalue weighted by atomic mass is 79.9. The molecular formula is C20H20BrN5S. The minimum absolute atomic E-state index is 0.724. The van der Waals surface area contributed by atoms with Crippen LogP contribution in [0.4, 0.5) is 0 Å². The van der Waals surface area contributed by atoms with Gasteiger partial charge in [0.2, 0.25) is 0 Å². The first-order valence-corrected chi connectivity index (χ1v) is 10.4. The van der Waals surface area contributed by atoms with Crippen molar-refractivity contribution in [3.63, 3.8) is 0 Å². The highest BCUT2D eigenvalue weighted by Gasteiger charge is 2.16. The number of halogens is 1. The highest BCUT2D eigenvalue weighted by Crippen LogP contribution is 2.30. The number of aromatic nitrogens is 4. The van der Waals surface area contributed by atoms with Gasteiger partial charge in [0.15, 0.2) is 5.65 Å². The van der Waals surface area contributed by atoms with Crippen LogP contribution in [0, 0.1) is 13.8 Å².